The molecule has 0 aliphatic carbocycles. The van der Waals surface area contributed by atoms with Crippen molar-refractivity contribution < 1.29 is 9.53 Å². The van der Waals surface area contributed by atoms with Gasteiger partial charge in [-0.3, -0.25) is 4.79 Å². The van der Waals surface area contributed by atoms with Crippen LogP contribution in [-0.4, -0.2) is 37.7 Å². The average molecular weight is 240 g/mol. The van der Waals surface area contributed by atoms with Crippen LogP contribution in [0.1, 0.15) is 39.0 Å². The number of amides is 1. The predicted octanol–water partition coefficient (Wildman–Crippen LogP) is 1.06. The maximum Gasteiger partial charge on any atom is 0.240 e. The zero-order chi connectivity index (χ0) is 12.1. The molecule has 2 saturated heterocycles. The predicted molar refractivity (Wildman–Crippen MR) is 66.8 cm³/mol. The zero-order valence-corrected chi connectivity index (χ0v) is 10.8. The molecule has 1 atom stereocenters. The third-order valence-corrected chi connectivity index (χ3v) is 4.17. The van der Waals surface area contributed by atoms with Gasteiger partial charge in [0.2, 0.25) is 5.91 Å². The fourth-order valence-corrected chi connectivity index (χ4v) is 2.82. The van der Waals surface area contributed by atoms with Crippen LogP contribution in [0.4, 0.5) is 0 Å². The van der Waals surface area contributed by atoms with E-state index < -0.39 is 0 Å². The van der Waals surface area contributed by atoms with E-state index in [1.807, 2.05) is 0 Å². The van der Waals surface area contributed by atoms with Gasteiger partial charge in [-0.15, -0.1) is 0 Å². The number of ether oxygens (including phenoxy) is 1. The van der Waals surface area contributed by atoms with Crippen molar-refractivity contribution in [2.24, 2.45) is 5.92 Å². The molecule has 0 bridgehead atoms. The number of carbonyl (C=O) groups excluding carboxylic acids is 1. The Morgan fingerprint density at radius 1 is 1.47 bits per heavy atom. The Labute approximate surface area is 103 Å². The van der Waals surface area contributed by atoms with Crippen molar-refractivity contribution in [3.8, 4) is 0 Å². The maximum atomic E-state index is 12.2. The highest BCUT2D eigenvalue weighted by Crippen LogP contribution is 2.23. The molecule has 4 nitrogen and oxygen atoms in total. The van der Waals surface area contributed by atoms with Gasteiger partial charge in [0, 0.05) is 19.8 Å². The molecule has 2 N–H and O–H groups in total. The van der Waals surface area contributed by atoms with Gasteiger partial charge in [-0.25, -0.2) is 0 Å². The first-order chi connectivity index (χ1) is 8.27. The van der Waals surface area contributed by atoms with Crippen LogP contribution < -0.4 is 10.6 Å². The Balaban J connectivity index is 1.79. The molecule has 4 heteroatoms. The quantitative estimate of drug-likeness (QED) is 0.772. The summed E-state index contributed by atoms with van der Waals surface area (Å²) in [4.78, 5) is 12.2. The van der Waals surface area contributed by atoms with Gasteiger partial charge in [0.25, 0.3) is 0 Å². The van der Waals surface area contributed by atoms with Gasteiger partial charge in [0.1, 0.15) is 0 Å². The lowest BCUT2D eigenvalue weighted by atomic mass is 9.92. The largest absolute Gasteiger partial charge is 0.381 e. The first-order valence-electron chi connectivity index (χ1n) is 6.88. The summed E-state index contributed by atoms with van der Waals surface area (Å²) >= 11 is 0. The van der Waals surface area contributed by atoms with Gasteiger partial charge in [-0.2, -0.15) is 0 Å². The van der Waals surface area contributed by atoms with E-state index in [2.05, 4.69) is 17.6 Å². The molecule has 2 aliphatic heterocycles. The molecular formula is C13H24N2O2. The summed E-state index contributed by atoms with van der Waals surface area (Å²) < 4.78 is 5.32. The van der Waals surface area contributed by atoms with Crippen LogP contribution in [0.25, 0.3) is 0 Å². The summed E-state index contributed by atoms with van der Waals surface area (Å²) in [5.41, 5.74) is -0.287. The fourth-order valence-electron chi connectivity index (χ4n) is 2.82. The summed E-state index contributed by atoms with van der Waals surface area (Å²) in [5.74, 6) is 0.798. The summed E-state index contributed by atoms with van der Waals surface area (Å²) in [6.07, 6.45) is 5.12. The van der Waals surface area contributed by atoms with Crippen LogP contribution in [0.2, 0.25) is 0 Å². The lowest BCUT2D eigenvalue weighted by molar-refractivity contribution is -0.127. The summed E-state index contributed by atoms with van der Waals surface area (Å²) in [6, 6.07) is 0. The molecule has 0 saturated carbocycles. The topological polar surface area (TPSA) is 50.4 Å². The number of hydrogen-bond acceptors (Lipinski definition) is 3. The van der Waals surface area contributed by atoms with Gasteiger partial charge >= 0.3 is 0 Å². The second-order valence-corrected chi connectivity index (χ2v) is 5.23. The third kappa shape index (κ3) is 2.99. The fraction of sp³-hybridized carbons (Fsp3) is 0.923. The van der Waals surface area contributed by atoms with Gasteiger partial charge < -0.3 is 15.4 Å². The highest BCUT2D eigenvalue weighted by molar-refractivity contribution is 5.86. The summed E-state index contributed by atoms with van der Waals surface area (Å²) in [7, 11) is 0. The van der Waals surface area contributed by atoms with Crippen LogP contribution in [0.5, 0.6) is 0 Å². The smallest absolute Gasteiger partial charge is 0.240 e. The SMILES string of the molecule is CCC1(C(=O)NCC2CCOCC2)CCCN1. The van der Waals surface area contributed by atoms with E-state index in [0.717, 1.165) is 58.4 Å². The Morgan fingerprint density at radius 2 is 2.24 bits per heavy atom. The highest BCUT2D eigenvalue weighted by Gasteiger charge is 2.38. The van der Waals surface area contributed by atoms with Crippen LogP contribution in [-0.2, 0) is 9.53 Å². The van der Waals surface area contributed by atoms with Crippen LogP contribution in [0.3, 0.4) is 0 Å². The van der Waals surface area contributed by atoms with Crippen molar-refractivity contribution >= 4 is 5.91 Å². The van der Waals surface area contributed by atoms with Crippen molar-refractivity contribution in [3.05, 3.63) is 0 Å². The zero-order valence-electron chi connectivity index (χ0n) is 10.8. The molecule has 2 aliphatic rings. The summed E-state index contributed by atoms with van der Waals surface area (Å²) in [5, 5.41) is 6.50. The standard InChI is InChI=1S/C13H24N2O2/c1-2-13(6-3-7-15-13)12(16)14-10-11-4-8-17-9-5-11/h11,15H,2-10H2,1H3,(H,14,16). The molecule has 98 valence electrons. The van der Waals surface area contributed by atoms with E-state index in [1.165, 1.54) is 0 Å². The second kappa shape index (κ2) is 5.83. The first-order valence-corrected chi connectivity index (χ1v) is 6.88. The van der Waals surface area contributed by atoms with Crippen LogP contribution in [0, 0.1) is 5.92 Å². The van der Waals surface area contributed by atoms with E-state index >= 15 is 0 Å². The Bertz CT molecular complexity index is 256. The molecule has 0 aromatic rings. The molecular weight excluding hydrogens is 216 g/mol. The van der Waals surface area contributed by atoms with E-state index in [9.17, 15) is 4.79 Å². The van der Waals surface area contributed by atoms with Crippen molar-refractivity contribution in [2.45, 2.75) is 44.6 Å². The minimum absolute atomic E-state index is 0.198. The Kier molecular flexibility index (Phi) is 4.40. The van der Waals surface area contributed by atoms with Crippen molar-refractivity contribution in [1.29, 1.82) is 0 Å². The van der Waals surface area contributed by atoms with Gasteiger partial charge in [0.05, 0.1) is 5.54 Å². The number of hydrogen-bond donors (Lipinski definition) is 2. The maximum absolute atomic E-state index is 12.2. The van der Waals surface area contributed by atoms with E-state index in [4.69, 9.17) is 4.74 Å². The lowest BCUT2D eigenvalue weighted by Gasteiger charge is -2.29. The molecule has 0 radical (unpaired) electrons. The number of nitrogens with one attached hydrogen (secondary N) is 2. The number of carbonyl (C=O) groups is 1. The number of rotatable bonds is 4. The van der Waals surface area contributed by atoms with E-state index in [1.54, 1.807) is 0 Å². The highest BCUT2D eigenvalue weighted by atomic mass is 16.5. The van der Waals surface area contributed by atoms with E-state index in [0.29, 0.717) is 5.92 Å². The lowest BCUT2D eigenvalue weighted by Crippen LogP contribution is -2.54. The Hall–Kier alpha value is -0.610. The van der Waals surface area contributed by atoms with Crippen LogP contribution in [0.15, 0.2) is 0 Å². The van der Waals surface area contributed by atoms with E-state index in [-0.39, 0.29) is 11.4 Å². The summed E-state index contributed by atoms with van der Waals surface area (Å²) in [6.45, 7) is 5.56. The molecule has 17 heavy (non-hydrogen) atoms. The van der Waals surface area contributed by atoms with Gasteiger partial charge in [0.15, 0.2) is 0 Å². The van der Waals surface area contributed by atoms with Crippen molar-refractivity contribution in [3.63, 3.8) is 0 Å². The average Bonchev–Trinajstić information content (AvgIpc) is 2.87. The normalized spacial score (nSPS) is 30.4. The third-order valence-electron chi connectivity index (χ3n) is 4.17. The molecule has 0 aromatic heterocycles. The van der Waals surface area contributed by atoms with Crippen molar-refractivity contribution in [1.82, 2.24) is 10.6 Å². The molecule has 2 heterocycles. The molecule has 1 unspecified atom stereocenters. The van der Waals surface area contributed by atoms with Crippen LogP contribution >= 0.6 is 0 Å². The monoisotopic (exact) mass is 240 g/mol. The molecule has 1 amide bonds. The minimum atomic E-state index is -0.287. The van der Waals surface area contributed by atoms with Gasteiger partial charge in [-0.05, 0) is 44.6 Å². The second-order valence-electron chi connectivity index (χ2n) is 5.23. The molecule has 0 spiro atoms. The molecule has 2 fully saturated rings. The minimum Gasteiger partial charge on any atom is -0.381 e. The molecule has 0 aromatic carbocycles. The first kappa shape index (κ1) is 12.8. The molecule has 2 rings (SSSR count). The Morgan fingerprint density at radius 3 is 2.82 bits per heavy atom. The van der Waals surface area contributed by atoms with Crippen molar-refractivity contribution in [2.75, 3.05) is 26.3 Å². The van der Waals surface area contributed by atoms with Gasteiger partial charge in [-0.1, -0.05) is 6.92 Å².